The van der Waals surface area contributed by atoms with Gasteiger partial charge in [-0.3, -0.25) is 4.79 Å². The molecule has 1 rings (SSSR count). The lowest BCUT2D eigenvalue weighted by molar-refractivity contribution is -0.146. The molecule has 3 nitrogen and oxygen atoms in total. The molecular formula is C13H16O3. The Labute approximate surface area is 95.7 Å². The summed E-state index contributed by atoms with van der Waals surface area (Å²) < 4.78 is 10.4. The molecule has 0 saturated carbocycles. The molecule has 0 bridgehead atoms. The molecule has 0 fully saturated rings. The molecule has 0 saturated heterocycles. The molecule has 1 aromatic carbocycles. The average molecular weight is 220 g/mol. The van der Waals surface area contributed by atoms with Crippen LogP contribution in [0.15, 0.2) is 43.0 Å². The van der Waals surface area contributed by atoms with Crippen molar-refractivity contribution >= 4 is 5.97 Å². The van der Waals surface area contributed by atoms with E-state index in [0.717, 1.165) is 5.56 Å². The maximum absolute atomic E-state index is 10.7. The number of hydrogen-bond acceptors (Lipinski definition) is 3. The molecule has 0 aliphatic carbocycles. The van der Waals surface area contributed by atoms with Crippen LogP contribution < -0.4 is 0 Å². The summed E-state index contributed by atoms with van der Waals surface area (Å²) in [5.74, 6) is -0.326. The molecule has 3 heteroatoms. The van der Waals surface area contributed by atoms with E-state index >= 15 is 0 Å². The van der Waals surface area contributed by atoms with E-state index in [-0.39, 0.29) is 12.1 Å². The highest BCUT2D eigenvalue weighted by atomic mass is 16.6. The van der Waals surface area contributed by atoms with Gasteiger partial charge in [-0.15, -0.1) is 0 Å². The quantitative estimate of drug-likeness (QED) is 0.545. The smallest absolute Gasteiger partial charge is 0.303 e. The third-order valence-electron chi connectivity index (χ3n) is 1.97. The number of rotatable bonds is 6. The summed E-state index contributed by atoms with van der Waals surface area (Å²) >= 11 is 0. The Balaban J connectivity index is 2.28. The lowest BCUT2D eigenvalue weighted by atomic mass is 10.2. The van der Waals surface area contributed by atoms with Crippen molar-refractivity contribution in [3.63, 3.8) is 0 Å². The van der Waals surface area contributed by atoms with Gasteiger partial charge >= 0.3 is 5.97 Å². The van der Waals surface area contributed by atoms with Crippen molar-refractivity contribution in [1.29, 1.82) is 0 Å². The molecule has 0 aliphatic rings. The number of benzene rings is 1. The number of carbonyl (C=O) groups excluding carboxylic acids is 1. The number of esters is 1. The van der Waals surface area contributed by atoms with E-state index in [1.54, 1.807) is 6.08 Å². The van der Waals surface area contributed by atoms with Crippen molar-refractivity contribution in [2.75, 3.05) is 6.61 Å². The summed E-state index contributed by atoms with van der Waals surface area (Å²) in [6.07, 6.45) is 1.19. The summed E-state index contributed by atoms with van der Waals surface area (Å²) in [6, 6.07) is 9.82. The Morgan fingerprint density at radius 3 is 2.69 bits per heavy atom. The van der Waals surface area contributed by atoms with Crippen LogP contribution in [0.5, 0.6) is 0 Å². The van der Waals surface area contributed by atoms with Gasteiger partial charge in [-0.25, -0.2) is 0 Å². The Bertz CT molecular complexity index is 332. The average Bonchev–Trinajstić information content (AvgIpc) is 2.28. The third-order valence-corrected chi connectivity index (χ3v) is 1.97. The van der Waals surface area contributed by atoms with E-state index in [0.29, 0.717) is 13.2 Å². The number of ether oxygens (including phenoxy) is 2. The predicted octanol–water partition coefficient (Wildman–Crippen LogP) is 2.32. The zero-order chi connectivity index (χ0) is 11.8. The van der Waals surface area contributed by atoms with Crippen molar-refractivity contribution in [3.8, 4) is 0 Å². The van der Waals surface area contributed by atoms with Crippen LogP contribution in [0.4, 0.5) is 0 Å². The third kappa shape index (κ3) is 4.75. The largest absolute Gasteiger partial charge is 0.456 e. The van der Waals surface area contributed by atoms with Gasteiger partial charge in [0.2, 0.25) is 0 Å². The highest BCUT2D eigenvalue weighted by molar-refractivity contribution is 5.66. The number of hydrogen-bond donors (Lipinski definition) is 0. The first kappa shape index (κ1) is 12.5. The molecule has 0 heterocycles. The lowest BCUT2D eigenvalue weighted by Gasteiger charge is -2.12. The summed E-state index contributed by atoms with van der Waals surface area (Å²) in [4.78, 5) is 10.7. The predicted molar refractivity (Wildman–Crippen MR) is 61.8 cm³/mol. The maximum atomic E-state index is 10.7. The second-order valence-electron chi connectivity index (χ2n) is 3.38. The molecule has 0 spiro atoms. The van der Waals surface area contributed by atoms with E-state index in [1.807, 2.05) is 30.3 Å². The van der Waals surface area contributed by atoms with Gasteiger partial charge in [0, 0.05) is 6.92 Å². The van der Waals surface area contributed by atoms with Crippen molar-refractivity contribution in [2.24, 2.45) is 0 Å². The molecule has 16 heavy (non-hydrogen) atoms. The van der Waals surface area contributed by atoms with Crippen LogP contribution in [0.3, 0.4) is 0 Å². The normalized spacial score (nSPS) is 11.8. The van der Waals surface area contributed by atoms with Crippen molar-refractivity contribution in [2.45, 2.75) is 19.6 Å². The summed E-state index contributed by atoms with van der Waals surface area (Å²) in [6.45, 7) is 5.79. The standard InChI is InChI=1S/C13H16O3/c1-3-13(16-11(2)14)10-15-9-12-7-5-4-6-8-12/h3-8,13H,1,9-10H2,2H3/t13-/m1/s1. The minimum Gasteiger partial charge on any atom is -0.456 e. The first-order valence-corrected chi connectivity index (χ1v) is 5.14. The number of carbonyl (C=O) groups is 1. The Hall–Kier alpha value is -1.61. The SMILES string of the molecule is C=C[C@H](COCc1ccccc1)OC(C)=O. The van der Waals surface area contributed by atoms with Gasteiger partial charge in [0.15, 0.2) is 0 Å². The van der Waals surface area contributed by atoms with Crippen LogP contribution in [0, 0.1) is 0 Å². The molecule has 0 aromatic heterocycles. The molecule has 0 N–H and O–H groups in total. The molecule has 0 aliphatic heterocycles. The fourth-order valence-corrected chi connectivity index (χ4v) is 1.23. The van der Waals surface area contributed by atoms with Gasteiger partial charge in [-0.05, 0) is 11.6 Å². The van der Waals surface area contributed by atoms with Crippen molar-refractivity contribution in [1.82, 2.24) is 0 Å². The summed E-state index contributed by atoms with van der Waals surface area (Å²) in [5, 5.41) is 0. The zero-order valence-corrected chi connectivity index (χ0v) is 9.39. The van der Waals surface area contributed by atoms with Crippen LogP contribution in [0.2, 0.25) is 0 Å². The molecule has 1 aromatic rings. The van der Waals surface area contributed by atoms with Crippen LogP contribution in [0.1, 0.15) is 12.5 Å². The monoisotopic (exact) mass is 220 g/mol. The van der Waals surface area contributed by atoms with Crippen LogP contribution >= 0.6 is 0 Å². The van der Waals surface area contributed by atoms with E-state index in [9.17, 15) is 4.79 Å². The second kappa shape index (κ2) is 6.80. The highest BCUT2D eigenvalue weighted by Crippen LogP contribution is 2.02. The first-order valence-electron chi connectivity index (χ1n) is 5.14. The van der Waals surface area contributed by atoms with Crippen molar-refractivity contribution in [3.05, 3.63) is 48.6 Å². The van der Waals surface area contributed by atoms with Gasteiger partial charge in [0.1, 0.15) is 6.10 Å². The Morgan fingerprint density at radius 2 is 2.12 bits per heavy atom. The van der Waals surface area contributed by atoms with Crippen molar-refractivity contribution < 1.29 is 14.3 Å². The minimum atomic E-state index is -0.374. The fourth-order valence-electron chi connectivity index (χ4n) is 1.23. The Morgan fingerprint density at radius 1 is 1.44 bits per heavy atom. The van der Waals surface area contributed by atoms with Gasteiger partial charge in [0.05, 0.1) is 13.2 Å². The Kier molecular flexibility index (Phi) is 5.29. The molecule has 0 radical (unpaired) electrons. The topological polar surface area (TPSA) is 35.5 Å². The molecule has 0 amide bonds. The molecule has 1 atom stereocenters. The van der Waals surface area contributed by atoms with Gasteiger partial charge in [-0.1, -0.05) is 36.9 Å². The minimum absolute atomic E-state index is 0.326. The van der Waals surface area contributed by atoms with E-state index < -0.39 is 0 Å². The molecule has 0 unspecified atom stereocenters. The summed E-state index contributed by atoms with van der Waals surface area (Å²) in [7, 11) is 0. The first-order chi connectivity index (χ1) is 7.72. The molecule has 86 valence electrons. The zero-order valence-electron chi connectivity index (χ0n) is 9.39. The van der Waals surface area contributed by atoms with Gasteiger partial charge in [0.25, 0.3) is 0 Å². The highest BCUT2D eigenvalue weighted by Gasteiger charge is 2.07. The second-order valence-corrected chi connectivity index (χ2v) is 3.38. The summed E-state index contributed by atoms with van der Waals surface area (Å²) in [5.41, 5.74) is 1.09. The van der Waals surface area contributed by atoms with E-state index in [2.05, 4.69) is 6.58 Å². The maximum Gasteiger partial charge on any atom is 0.303 e. The van der Waals surface area contributed by atoms with E-state index in [1.165, 1.54) is 6.92 Å². The van der Waals surface area contributed by atoms with Crippen LogP contribution in [-0.2, 0) is 20.9 Å². The molecular weight excluding hydrogens is 204 g/mol. The van der Waals surface area contributed by atoms with Crippen LogP contribution in [0.25, 0.3) is 0 Å². The fraction of sp³-hybridized carbons (Fsp3) is 0.308. The van der Waals surface area contributed by atoms with E-state index in [4.69, 9.17) is 9.47 Å². The van der Waals surface area contributed by atoms with Gasteiger partial charge in [-0.2, -0.15) is 0 Å². The lowest BCUT2D eigenvalue weighted by Crippen LogP contribution is -2.19. The van der Waals surface area contributed by atoms with Crippen LogP contribution in [-0.4, -0.2) is 18.7 Å². The van der Waals surface area contributed by atoms with Gasteiger partial charge < -0.3 is 9.47 Å².